The predicted octanol–water partition coefficient (Wildman–Crippen LogP) is 4.61. The molecule has 1 aromatic heterocycles. The lowest BCUT2D eigenvalue weighted by Gasteiger charge is -2.28. The quantitative estimate of drug-likeness (QED) is 0.281. The maximum Gasteiger partial charge on any atom is 0.246 e. The number of para-hydroxylation sites is 1. The van der Waals surface area contributed by atoms with Crippen molar-refractivity contribution in [3.05, 3.63) is 78.8 Å². The molecule has 3 aromatic rings. The zero-order valence-electron chi connectivity index (χ0n) is 20.6. The Morgan fingerprint density at radius 3 is 2.25 bits per heavy atom. The van der Waals surface area contributed by atoms with Gasteiger partial charge in [0.1, 0.15) is 35.0 Å². The number of aromatic nitrogens is 2. The molecule has 2 aromatic carbocycles. The minimum atomic E-state index is -0.392. The molecule has 1 aliphatic rings. The smallest absolute Gasteiger partial charge is 0.246 e. The van der Waals surface area contributed by atoms with Gasteiger partial charge in [-0.2, -0.15) is 4.98 Å². The van der Waals surface area contributed by atoms with Gasteiger partial charge in [0.15, 0.2) is 0 Å². The Morgan fingerprint density at radius 2 is 1.69 bits per heavy atom. The summed E-state index contributed by atoms with van der Waals surface area (Å²) in [7, 11) is 3.84. The number of nitrogens with one attached hydrogen (secondary N) is 2. The second kappa shape index (κ2) is 13.6. The van der Waals surface area contributed by atoms with Crippen molar-refractivity contribution < 1.29 is 14.3 Å². The SMILES string of the molecule is CN(C)C/C=C/C(N)=O.N=Cc1ncnc(Oc2ccc(Oc3ccccc3)cc2)c1NC1CCC1. The normalized spacial score (nSPS) is 12.9. The average Bonchev–Trinajstić information content (AvgIpc) is 2.84. The third-order valence-corrected chi connectivity index (χ3v) is 5.20. The lowest BCUT2D eigenvalue weighted by atomic mass is 9.93. The molecule has 188 valence electrons. The Morgan fingerprint density at radius 1 is 1.06 bits per heavy atom. The molecule has 0 bridgehead atoms. The van der Waals surface area contributed by atoms with Crippen LogP contribution in [0.1, 0.15) is 25.0 Å². The second-order valence-electron chi connectivity index (χ2n) is 8.41. The summed E-state index contributed by atoms with van der Waals surface area (Å²) in [5.41, 5.74) is 6.03. The molecule has 9 heteroatoms. The zero-order chi connectivity index (χ0) is 25.8. The van der Waals surface area contributed by atoms with E-state index in [4.69, 9.17) is 20.6 Å². The highest BCUT2D eigenvalue weighted by Gasteiger charge is 2.21. The van der Waals surface area contributed by atoms with E-state index < -0.39 is 5.91 Å². The maximum atomic E-state index is 10.1. The lowest BCUT2D eigenvalue weighted by Crippen LogP contribution is -2.28. The molecule has 1 fully saturated rings. The van der Waals surface area contributed by atoms with Crippen molar-refractivity contribution in [3.63, 3.8) is 0 Å². The first kappa shape index (κ1) is 26.4. The summed E-state index contributed by atoms with van der Waals surface area (Å²) in [6.45, 7) is 0.753. The number of rotatable bonds is 10. The van der Waals surface area contributed by atoms with Crippen LogP contribution in [0.25, 0.3) is 0 Å². The van der Waals surface area contributed by atoms with Crippen LogP contribution in [0.2, 0.25) is 0 Å². The van der Waals surface area contributed by atoms with E-state index in [1.165, 1.54) is 25.0 Å². The number of amides is 1. The van der Waals surface area contributed by atoms with Crippen molar-refractivity contribution in [1.29, 1.82) is 5.41 Å². The van der Waals surface area contributed by atoms with E-state index in [-0.39, 0.29) is 0 Å². The van der Waals surface area contributed by atoms with Crippen LogP contribution in [0, 0.1) is 5.41 Å². The highest BCUT2D eigenvalue weighted by molar-refractivity contribution is 5.85. The molecule has 4 N–H and O–H groups in total. The van der Waals surface area contributed by atoms with Gasteiger partial charge in [0, 0.05) is 18.8 Å². The lowest BCUT2D eigenvalue weighted by molar-refractivity contribution is -0.113. The highest BCUT2D eigenvalue weighted by atomic mass is 16.5. The molecule has 4 rings (SSSR count). The Kier molecular flexibility index (Phi) is 9.96. The van der Waals surface area contributed by atoms with Crippen LogP contribution in [0.3, 0.4) is 0 Å². The number of nitrogens with zero attached hydrogens (tertiary/aromatic N) is 3. The molecule has 1 saturated carbocycles. The van der Waals surface area contributed by atoms with Crippen molar-refractivity contribution in [2.45, 2.75) is 25.3 Å². The van der Waals surface area contributed by atoms with Gasteiger partial charge in [0.05, 0.1) is 0 Å². The summed E-state index contributed by atoms with van der Waals surface area (Å²) in [5.74, 6) is 2.18. The van der Waals surface area contributed by atoms with Gasteiger partial charge in [0.2, 0.25) is 11.8 Å². The van der Waals surface area contributed by atoms with Crippen molar-refractivity contribution >= 4 is 17.8 Å². The van der Waals surface area contributed by atoms with Crippen molar-refractivity contribution in [1.82, 2.24) is 14.9 Å². The molecule has 1 aliphatic carbocycles. The second-order valence-corrected chi connectivity index (χ2v) is 8.41. The zero-order valence-corrected chi connectivity index (χ0v) is 20.6. The Balaban J connectivity index is 0.000000345. The van der Waals surface area contributed by atoms with E-state index in [1.54, 1.807) is 6.08 Å². The largest absolute Gasteiger partial charge is 0.457 e. The average molecular weight is 489 g/mol. The van der Waals surface area contributed by atoms with Crippen LogP contribution in [-0.4, -0.2) is 53.7 Å². The number of primary amides is 1. The van der Waals surface area contributed by atoms with E-state index >= 15 is 0 Å². The fourth-order valence-electron chi connectivity index (χ4n) is 3.15. The molecule has 1 amide bonds. The first-order valence-corrected chi connectivity index (χ1v) is 11.7. The molecule has 9 nitrogen and oxygen atoms in total. The van der Waals surface area contributed by atoms with Crippen molar-refractivity contribution in [2.75, 3.05) is 26.0 Å². The molecule has 0 spiro atoms. The molecule has 0 unspecified atom stereocenters. The van der Waals surface area contributed by atoms with E-state index in [0.29, 0.717) is 29.1 Å². The predicted molar refractivity (Wildman–Crippen MR) is 141 cm³/mol. The molecular formula is C27H32N6O3. The first-order valence-electron chi connectivity index (χ1n) is 11.7. The topological polar surface area (TPSA) is 126 Å². The van der Waals surface area contributed by atoms with E-state index in [9.17, 15) is 4.79 Å². The highest BCUT2D eigenvalue weighted by Crippen LogP contribution is 2.33. The number of likely N-dealkylation sites (N-methyl/N-ethyl adjacent to an activating group) is 1. The van der Waals surface area contributed by atoms with Gasteiger partial charge in [0.25, 0.3) is 0 Å². The number of ether oxygens (including phenoxy) is 2. The maximum absolute atomic E-state index is 10.1. The molecule has 0 saturated heterocycles. The Hall–Kier alpha value is -4.24. The van der Waals surface area contributed by atoms with Gasteiger partial charge in [-0.25, -0.2) is 4.98 Å². The fraction of sp³-hybridized carbons (Fsp3) is 0.259. The van der Waals surface area contributed by atoms with E-state index in [1.807, 2.05) is 73.6 Å². The molecular weight excluding hydrogens is 456 g/mol. The van der Waals surface area contributed by atoms with Gasteiger partial charge in [-0.05, 0) is 75.8 Å². The summed E-state index contributed by atoms with van der Waals surface area (Å²) >= 11 is 0. The molecule has 36 heavy (non-hydrogen) atoms. The van der Waals surface area contributed by atoms with Crippen LogP contribution in [0.15, 0.2) is 73.1 Å². The van der Waals surface area contributed by atoms with Gasteiger partial charge in [-0.3, -0.25) is 4.79 Å². The number of carbonyl (C=O) groups is 1. The van der Waals surface area contributed by atoms with Gasteiger partial charge < -0.3 is 30.8 Å². The first-order chi connectivity index (χ1) is 17.4. The van der Waals surface area contributed by atoms with Crippen molar-refractivity contribution in [2.24, 2.45) is 5.73 Å². The number of hydrogen-bond donors (Lipinski definition) is 3. The third-order valence-electron chi connectivity index (χ3n) is 5.20. The standard InChI is InChI=1S/C21H20N4O2.C6H12N2O/c22-13-19-20(25-15-5-4-6-15)21(24-14-23-19)27-18-11-9-17(10-12-18)26-16-7-2-1-3-8-16;1-8(2)5-3-4-6(7)9/h1-3,7-15,22,25H,4-6H2;3-4H,5H2,1-2H3,(H2,7,9)/b;4-3+. The summed E-state index contributed by atoms with van der Waals surface area (Å²) in [6.07, 6.45) is 9.14. The van der Waals surface area contributed by atoms with Gasteiger partial charge in [-0.15, -0.1) is 0 Å². The van der Waals surface area contributed by atoms with Crippen LogP contribution in [-0.2, 0) is 4.79 Å². The number of carbonyl (C=O) groups excluding carboxylic acids is 1. The number of hydrogen-bond acceptors (Lipinski definition) is 8. The number of anilines is 1. The van der Waals surface area contributed by atoms with Crippen LogP contribution >= 0.6 is 0 Å². The van der Waals surface area contributed by atoms with Crippen LogP contribution in [0.5, 0.6) is 23.1 Å². The molecule has 0 aliphatic heterocycles. The van der Waals surface area contributed by atoms with Gasteiger partial charge >= 0.3 is 0 Å². The minimum Gasteiger partial charge on any atom is -0.457 e. The third kappa shape index (κ3) is 8.52. The summed E-state index contributed by atoms with van der Waals surface area (Å²) in [4.78, 5) is 20.5. The monoisotopic (exact) mass is 488 g/mol. The summed E-state index contributed by atoms with van der Waals surface area (Å²) < 4.78 is 11.7. The van der Waals surface area contributed by atoms with Crippen molar-refractivity contribution in [3.8, 4) is 23.1 Å². The fourth-order valence-corrected chi connectivity index (χ4v) is 3.15. The Labute approximate surface area is 211 Å². The summed E-state index contributed by atoms with van der Waals surface area (Å²) in [5, 5.41) is 11.0. The minimum absolute atomic E-state index is 0.388. The summed E-state index contributed by atoms with van der Waals surface area (Å²) in [6, 6.07) is 17.4. The molecule has 0 atom stereocenters. The molecule has 0 radical (unpaired) electrons. The Bertz CT molecular complexity index is 1150. The number of nitrogens with two attached hydrogens (primary N) is 1. The van der Waals surface area contributed by atoms with Crippen LogP contribution < -0.4 is 20.5 Å². The van der Waals surface area contributed by atoms with E-state index in [2.05, 4.69) is 15.3 Å². The number of benzene rings is 2. The van der Waals surface area contributed by atoms with Crippen LogP contribution in [0.4, 0.5) is 5.69 Å². The van der Waals surface area contributed by atoms with Gasteiger partial charge in [-0.1, -0.05) is 24.3 Å². The molecule has 1 heterocycles. The van der Waals surface area contributed by atoms with E-state index in [0.717, 1.165) is 30.9 Å².